The number of hydrogen-bond acceptors (Lipinski definition) is 6. The molecule has 0 atom stereocenters. The summed E-state index contributed by atoms with van der Waals surface area (Å²) in [5.41, 5.74) is -0.0530. The Morgan fingerprint density at radius 1 is 1.56 bits per heavy atom. The van der Waals surface area contributed by atoms with Crippen LogP contribution in [0.15, 0.2) is 18.3 Å². The quantitative estimate of drug-likeness (QED) is 0.432. The summed E-state index contributed by atoms with van der Waals surface area (Å²) in [7, 11) is 1.34. The van der Waals surface area contributed by atoms with Crippen LogP contribution in [-0.2, 0) is 9.53 Å². The van der Waals surface area contributed by atoms with Crippen LogP contribution < -0.4 is 4.90 Å². The molecule has 0 unspecified atom stereocenters. The highest BCUT2D eigenvalue weighted by Gasteiger charge is 2.11. The Hall–Kier alpha value is -2.18. The highest BCUT2D eigenvalue weighted by Crippen LogP contribution is 2.15. The normalized spacial score (nSPS) is 9.89. The number of esters is 1. The van der Waals surface area contributed by atoms with Gasteiger partial charge in [-0.3, -0.25) is 14.9 Å². The summed E-state index contributed by atoms with van der Waals surface area (Å²) in [5, 5.41) is 10.5. The van der Waals surface area contributed by atoms with Crippen LogP contribution in [0.3, 0.4) is 0 Å². The molecule has 98 valence electrons. The number of carbonyl (C=O) groups is 1. The van der Waals surface area contributed by atoms with Crippen LogP contribution in [0.1, 0.15) is 13.3 Å². The molecule has 0 aliphatic rings. The van der Waals surface area contributed by atoms with Crippen molar-refractivity contribution in [2.45, 2.75) is 13.3 Å². The summed E-state index contributed by atoms with van der Waals surface area (Å²) in [6.45, 7) is 3.04. The molecule has 0 bridgehead atoms. The second-order valence-electron chi connectivity index (χ2n) is 3.54. The van der Waals surface area contributed by atoms with E-state index in [9.17, 15) is 14.9 Å². The zero-order valence-corrected chi connectivity index (χ0v) is 10.3. The second kappa shape index (κ2) is 6.53. The Morgan fingerprint density at radius 3 is 2.72 bits per heavy atom. The van der Waals surface area contributed by atoms with Crippen molar-refractivity contribution in [3.8, 4) is 0 Å². The first kappa shape index (κ1) is 13.9. The van der Waals surface area contributed by atoms with Gasteiger partial charge in [0.15, 0.2) is 0 Å². The Balaban J connectivity index is 2.70. The molecule has 7 heteroatoms. The van der Waals surface area contributed by atoms with Gasteiger partial charge >= 0.3 is 5.97 Å². The van der Waals surface area contributed by atoms with Gasteiger partial charge in [-0.05, 0) is 13.0 Å². The Labute approximate surface area is 105 Å². The molecule has 1 rings (SSSR count). The van der Waals surface area contributed by atoms with E-state index in [0.717, 1.165) is 0 Å². The average Bonchev–Trinajstić information content (AvgIpc) is 2.39. The Kier molecular flexibility index (Phi) is 5.04. The smallest absolute Gasteiger partial charge is 0.307 e. The largest absolute Gasteiger partial charge is 0.469 e. The van der Waals surface area contributed by atoms with Crippen LogP contribution in [0.5, 0.6) is 0 Å². The van der Waals surface area contributed by atoms with E-state index in [4.69, 9.17) is 0 Å². The number of nitro groups is 1. The molecule has 0 fully saturated rings. The lowest BCUT2D eigenvalue weighted by atomic mass is 10.3. The molecule has 0 amide bonds. The van der Waals surface area contributed by atoms with Gasteiger partial charge in [0, 0.05) is 19.2 Å². The standard InChI is InChI=1S/C11H15N3O4/c1-3-13(7-6-11(15)18-2)10-5-4-9(8-12-10)14(16)17/h4-5,8H,3,6-7H2,1-2H3. The van der Waals surface area contributed by atoms with Crippen LogP contribution in [0.25, 0.3) is 0 Å². The zero-order chi connectivity index (χ0) is 13.5. The minimum absolute atomic E-state index is 0.0530. The topological polar surface area (TPSA) is 85.6 Å². The molecular formula is C11H15N3O4. The third kappa shape index (κ3) is 3.69. The molecule has 1 aromatic rings. The monoisotopic (exact) mass is 253 g/mol. The van der Waals surface area contributed by atoms with Crippen LogP contribution in [0, 0.1) is 10.1 Å². The van der Waals surface area contributed by atoms with Gasteiger partial charge in [-0.1, -0.05) is 0 Å². The molecule has 7 nitrogen and oxygen atoms in total. The molecule has 0 radical (unpaired) electrons. The molecule has 0 aliphatic carbocycles. The minimum Gasteiger partial charge on any atom is -0.469 e. The molecular weight excluding hydrogens is 238 g/mol. The van der Waals surface area contributed by atoms with E-state index in [2.05, 4.69) is 9.72 Å². The van der Waals surface area contributed by atoms with Crippen molar-refractivity contribution in [3.05, 3.63) is 28.4 Å². The Bertz CT molecular complexity index is 419. The summed E-state index contributed by atoms with van der Waals surface area (Å²) >= 11 is 0. The molecule has 1 heterocycles. The number of ether oxygens (including phenoxy) is 1. The van der Waals surface area contributed by atoms with Gasteiger partial charge in [-0.15, -0.1) is 0 Å². The summed E-state index contributed by atoms with van der Waals surface area (Å²) in [4.78, 5) is 26.9. The van der Waals surface area contributed by atoms with E-state index >= 15 is 0 Å². The van der Waals surface area contributed by atoms with Crippen molar-refractivity contribution < 1.29 is 14.5 Å². The number of hydrogen-bond donors (Lipinski definition) is 0. The van der Waals surface area contributed by atoms with Crippen LogP contribution >= 0.6 is 0 Å². The van der Waals surface area contributed by atoms with Gasteiger partial charge < -0.3 is 9.64 Å². The molecule has 1 aromatic heterocycles. The number of aromatic nitrogens is 1. The first-order valence-electron chi connectivity index (χ1n) is 5.50. The lowest BCUT2D eigenvalue weighted by Gasteiger charge is -2.20. The highest BCUT2D eigenvalue weighted by molar-refractivity contribution is 5.69. The average molecular weight is 253 g/mol. The van der Waals surface area contributed by atoms with Gasteiger partial charge in [-0.2, -0.15) is 0 Å². The van der Waals surface area contributed by atoms with Gasteiger partial charge in [0.2, 0.25) is 0 Å². The van der Waals surface area contributed by atoms with E-state index in [1.54, 1.807) is 6.07 Å². The number of nitrogens with zero attached hydrogens (tertiary/aromatic N) is 3. The van der Waals surface area contributed by atoms with Crippen molar-refractivity contribution >= 4 is 17.5 Å². The molecule has 0 saturated heterocycles. The molecule has 0 N–H and O–H groups in total. The lowest BCUT2D eigenvalue weighted by Crippen LogP contribution is -2.26. The van der Waals surface area contributed by atoms with Gasteiger partial charge in [0.05, 0.1) is 18.5 Å². The highest BCUT2D eigenvalue weighted by atomic mass is 16.6. The third-order valence-electron chi connectivity index (χ3n) is 2.46. The van der Waals surface area contributed by atoms with Crippen molar-refractivity contribution in [2.24, 2.45) is 0 Å². The molecule has 18 heavy (non-hydrogen) atoms. The van der Waals surface area contributed by atoms with E-state index in [-0.39, 0.29) is 18.1 Å². The van der Waals surface area contributed by atoms with E-state index in [1.807, 2.05) is 11.8 Å². The van der Waals surface area contributed by atoms with Gasteiger partial charge in [0.1, 0.15) is 12.0 Å². The van der Waals surface area contributed by atoms with Crippen LogP contribution in [0.4, 0.5) is 11.5 Å². The zero-order valence-electron chi connectivity index (χ0n) is 10.3. The van der Waals surface area contributed by atoms with Crippen molar-refractivity contribution in [2.75, 3.05) is 25.1 Å². The molecule has 0 saturated carbocycles. The predicted molar refractivity (Wildman–Crippen MR) is 65.4 cm³/mol. The first-order chi connectivity index (χ1) is 8.58. The number of carbonyl (C=O) groups excluding carboxylic acids is 1. The van der Waals surface area contributed by atoms with E-state index in [0.29, 0.717) is 18.9 Å². The number of methoxy groups -OCH3 is 1. The maximum atomic E-state index is 11.0. The SMILES string of the molecule is CCN(CCC(=O)OC)c1ccc([N+](=O)[O-])cn1. The number of rotatable bonds is 6. The number of anilines is 1. The molecule has 0 aliphatic heterocycles. The number of pyridine rings is 1. The first-order valence-corrected chi connectivity index (χ1v) is 5.50. The predicted octanol–water partition coefficient (Wildman–Crippen LogP) is 1.38. The van der Waals surface area contributed by atoms with E-state index in [1.165, 1.54) is 19.4 Å². The van der Waals surface area contributed by atoms with Crippen molar-refractivity contribution in [1.82, 2.24) is 4.98 Å². The summed E-state index contributed by atoms with van der Waals surface area (Å²) in [6, 6.07) is 2.96. The minimum atomic E-state index is -0.498. The molecule has 0 aromatic carbocycles. The fourth-order valence-corrected chi connectivity index (χ4v) is 1.44. The maximum absolute atomic E-state index is 11.0. The fourth-order valence-electron chi connectivity index (χ4n) is 1.44. The maximum Gasteiger partial charge on any atom is 0.307 e. The van der Waals surface area contributed by atoms with Crippen molar-refractivity contribution in [1.29, 1.82) is 0 Å². The second-order valence-corrected chi connectivity index (χ2v) is 3.54. The van der Waals surface area contributed by atoms with Gasteiger partial charge in [0.25, 0.3) is 5.69 Å². The van der Waals surface area contributed by atoms with Gasteiger partial charge in [-0.25, -0.2) is 4.98 Å². The van der Waals surface area contributed by atoms with E-state index < -0.39 is 4.92 Å². The Morgan fingerprint density at radius 2 is 2.28 bits per heavy atom. The van der Waals surface area contributed by atoms with Crippen LogP contribution in [-0.4, -0.2) is 36.1 Å². The van der Waals surface area contributed by atoms with Crippen LogP contribution in [0.2, 0.25) is 0 Å². The summed E-state index contributed by atoms with van der Waals surface area (Å²) in [6.07, 6.45) is 1.46. The lowest BCUT2D eigenvalue weighted by molar-refractivity contribution is -0.385. The van der Waals surface area contributed by atoms with Crippen molar-refractivity contribution in [3.63, 3.8) is 0 Å². The summed E-state index contributed by atoms with van der Waals surface area (Å²) in [5.74, 6) is 0.308. The fraction of sp³-hybridized carbons (Fsp3) is 0.455. The molecule has 0 spiro atoms. The summed E-state index contributed by atoms with van der Waals surface area (Å²) < 4.78 is 4.56. The third-order valence-corrected chi connectivity index (χ3v) is 2.46.